The summed E-state index contributed by atoms with van der Waals surface area (Å²) in [7, 11) is 0. The van der Waals surface area contributed by atoms with Gasteiger partial charge in [0.15, 0.2) is 0 Å². The third kappa shape index (κ3) is 31.3. The molecule has 7 heteroatoms. The van der Waals surface area contributed by atoms with Crippen molar-refractivity contribution in [3.8, 4) is 0 Å². The van der Waals surface area contributed by atoms with E-state index >= 15 is 0 Å². The van der Waals surface area contributed by atoms with E-state index in [1.54, 1.807) is 0 Å². The van der Waals surface area contributed by atoms with Crippen LogP contribution in [0.2, 0.25) is 0 Å². The van der Waals surface area contributed by atoms with E-state index in [9.17, 15) is 19.8 Å². The fraction of sp³-hybridized carbons (Fsp3) is 0.800. The second kappa shape index (κ2) is 17.5. The van der Waals surface area contributed by atoms with Crippen LogP contribution in [0.4, 0.5) is 9.59 Å². The van der Waals surface area contributed by atoms with Crippen LogP contribution in [0.5, 0.6) is 0 Å². The maximum Gasteiger partial charge on any atom is 2.00 e. The van der Waals surface area contributed by atoms with Gasteiger partial charge in [-0.25, -0.2) is 0 Å². The van der Waals surface area contributed by atoms with Gasteiger partial charge in [-0.15, -0.1) is 0 Å². The molecule has 0 saturated carbocycles. The summed E-state index contributed by atoms with van der Waals surface area (Å²) in [6.45, 7) is 5.02. The van der Waals surface area contributed by atoms with Gasteiger partial charge in [-0.1, -0.05) is 26.7 Å². The van der Waals surface area contributed by atoms with E-state index in [1.807, 2.05) is 13.8 Å². The van der Waals surface area contributed by atoms with Gasteiger partial charge < -0.3 is 30.4 Å². The summed E-state index contributed by atoms with van der Waals surface area (Å²) in [6.07, 6.45) is 1.40. The van der Waals surface area contributed by atoms with E-state index in [-0.39, 0.29) is 17.1 Å². The standard InChI is InChI=1S/2C5H11NO2.Mn/c2*1-2-3-4-6-5(7)8;/h2*6H,2-4H2,1H3,(H,7,8);/q;;+2/p-2. The molecular weight excluding hydrogens is 267 g/mol. The van der Waals surface area contributed by atoms with Crippen LogP contribution >= 0.6 is 0 Å². The minimum absolute atomic E-state index is 0. The summed E-state index contributed by atoms with van der Waals surface area (Å²) in [5.74, 6) is 0. The Balaban J connectivity index is -0.000000218. The molecule has 101 valence electrons. The Kier molecular flexibility index (Phi) is 21.9. The Hall–Kier alpha value is -0.941. The third-order valence-corrected chi connectivity index (χ3v) is 1.60. The number of carbonyl (C=O) groups excluding carboxylic acids is 2. The molecule has 0 aliphatic carbocycles. The summed E-state index contributed by atoms with van der Waals surface area (Å²) in [6, 6.07) is 0. The largest absolute Gasteiger partial charge is 2.00 e. The second-order valence-corrected chi connectivity index (χ2v) is 3.14. The summed E-state index contributed by atoms with van der Waals surface area (Å²) < 4.78 is 0. The molecule has 2 N–H and O–H groups in total. The molecule has 0 spiro atoms. The van der Waals surface area contributed by atoms with Crippen molar-refractivity contribution < 1.29 is 36.9 Å². The first kappa shape index (κ1) is 21.4. The summed E-state index contributed by atoms with van der Waals surface area (Å²) >= 11 is 0. The minimum Gasteiger partial charge on any atom is -0.530 e. The molecule has 0 aromatic rings. The summed E-state index contributed by atoms with van der Waals surface area (Å²) in [4.78, 5) is 19.3. The minimum atomic E-state index is -1.18. The van der Waals surface area contributed by atoms with E-state index in [2.05, 4.69) is 10.6 Å². The first-order valence-electron chi connectivity index (χ1n) is 5.44. The molecule has 0 saturated heterocycles. The number of carbonyl (C=O) groups is 2. The summed E-state index contributed by atoms with van der Waals surface area (Å²) in [5.41, 5.74) is 0. The Morgan fingerprint density at radius 3 is 1.35 bits per heavy atom. The quantitative estimate of drug-likeness (QED) is 0.504. The van der Waals surface area contributed by atoms with E-state index in [0.29, 0.717) is 13.1 Å². The molecule has 0 atom stereocenters. The number of hydrogen-bond acceptors (Lipinski definition) is 4. The predicted molar refractivity (Wildman–Crippen MR) is 56.6 cm³/mol. The van der Waals surface area contributed by atoms with Gasteiger partial charge in [0.1, 0.15) is 12.2 Å². The maximum absolute atomic E-state index is 9.65. The van der Waals surface area contributed by atoms with Crippen molar-refractivity contribution in [2.45, 2.75) is 39.5 Å². The molecule has 6 nitrogen and oxygen atoms in total. The number of carboxylic acid groups (broad SMARTS) is 2. The van der Waals surface area contributed by atoms with Crippen LogP contribution in [0, 0.1) is 0 Å². The third-order valence-electron chi connectivity index (χ3n) is 1.60. The van der Waals surface area contributed by atoms with Crippen molar-refractivity contribution in [1.82, 2.24) is 10.6 Å². The van der Waals surface area contributed by atoms with Gasteiger partial charge in [0, 0.05) is 13.1 Å². The van der Waals surface area contributed by atoms with E-state index in [0.717, 1.165) is 25.7 Å². The van der Waals surface area contributed by atoms with Crippen molar-refractivity contribution >= 4 is 12.2 Å². The Bertz CT molecular complexity index is 171. The molecule has 0 rings (SSSR count). The van der Waals surface area contributed by atoms with Gasteiger partial charge in [-0.05, 0) is 12.8 Å². The topological polar surface area (TPSA) is 104 Å². The zero-order valence-electron chi connectivity index (χ0n) is 10.3. The Labute approximate surface area is 113 Å². The van der Waals surface area contributed by atoms with Crippen molar-refractivity contribution in [2.75, 3.05) is 13.1 Å². The summed E-state index contributed by atoms with van der Waals surface area (Å²) in [5, 5.41) is 23.6. The number of amides is 2. The molecule has 17 heavy (non-hydrogen) atoms. The first-order valence-corrected chi connectivity index (χ1v) is 5.44. The Morgan fingerprint density at radius 1 is 0.882 bits per heavy atom. The molecule has 0 bridgehead atoms. The van der Waals surface area contributed by atoms with Gasteiger partial charge in [0.25, 0.3) is 0 Å². The molecule has 0 aliphatic rings. The molecule has 0 aliphatic heterocycles. The fourth-order valence-corrected chi connectivity index (χ4v) is 0.734. The number of nitrogens with one attached hydrogen (secondary N) is 2. The van der Waals surface area contributed by atoms with Gasteiger partial charge in [-0.2, -0.15) is 0 Å². The van der Waals surface area contributed by atoms with Crippen LogP contribution in [0.25, 0.3) is 0 Å². The maximum atomic E-state index is 9.65. The van der Waals surface area contributed by atoms with Gasteiger partial charge in [-0.3, -0.25) is 0 Å². The van der Waals surface area contributed by atoms with Gasteiger partial charge in [0.2, 0.25) is 0 Å². The van der Waals surface area contributed by atoms with Crippen LogP contribution < -0.4 is 20.8 Å². The second-order valence-electron chi connectivity index (χ2n) is 3.14. The average Bonchev–Trinajstić information content (AvgIpc) is 2.18. The average molecular weight is 287 g/mol. The fourth-order valence-electron chi connectivity index (χ4n) is 0.734. The SMILES string of the molecule is CCCCNC(=O)[O-].CCCCNC(=O)[O-].[Mn+2]. The number of hydrogen-bond donors (Lipinski definition) is 2. The van der Waals surface area contributed by atoms with Crippen LogP contribution in [0.3, 0.4) is 0 Å². The van der Waals surface area contributed by atoms with Crippen molar-refractivity contribution in [1.29, 1.82) is 0 Å². The molecule has 0 aromatic heterocycles. The molecule has 0 unspecified atom stereocenters. The van der Waals surface area contributed by atoms with Crippen molar-refractivity contribution in [3.05, 3.63) is 0 Å². The molecule has 2 amide bonds. The van der Waals surface area contributed by atoms with Crippen LogP contribution in [-0.2, 0) is 17.1 Å². The van der Waals surface area contributed by atoms with Gasteiger partial charge >= 0.3 is 17.1 Å². The van der Waals surface area contributed by atoms with E-state index < -0.39 is 12.2 Å². The van der Waals surface area contributed by atoms with Crippen molar-refractivity contribution in [3.63, 3.8) is 0 Å². The van der Waals surface area contributed by atoms with Crippen LogP contribution in [-0.4, -0.2) is 25.3 Å². The Morgan fingerprint density at radius 2 is 1.18 bits per heavy atom. The normalized spacial score (nSPS) is 8.12. The molecule has 1 radical (unpaired) electrons. The molecule has 0 aromatic carbocycles. The smallest absolute Gasteiger partial charge is 0.530 e. The van der Waals surface area contributed by atoms with Gasteiger partial charge in [0.05, 0.1) is 0 Å². The van der Waals surface area contributed by atoms with Crippen LogP contribution in [0.1, 0.15) is 39.5 Å². The first-order chi connectivity index (χ1) is 7.54. The molecule has 0 fully saturated rings. The zero-order chi connectivity index (χ0) is 12.8. The number of rotatable bonds is 6. The monoisotopic (exact) mass is 287 g/mol. The predicted octanol–water partition coefficient (Wildman–Crippen LogP) is -0.564. The molecule has 0 heterocycles. The zero-order valence-corrected chi connectivity index (χ0v) is 11.4. The van der Waals surface area contributed by atoms with E-state index in [1.165, 1.54) is 0 Å². The van der Waals surface area contributed by atoms with Crippen LogP contribution in [0.15, 0.2) is 0 Å². The van der Waals surface area contributed by atoms with E-state index in [4.69, 9.17) is 0 Å². The van der Waals surface area contributed by atoms with Crippen molar-refractivity contribution in [2.24, 2.45) is 0 Å². The number of unbranched alkanes of at least 4 members (excludes halogenated alkanes) is 2. The molecular formula is C10H20MnN2O4.